The molecule has 19 heavy (non-hydrogen) atoms. The van der Waals surface area contributed by atoms with Gasteiger partial charge in [0.1, 0.15) is 0 Å². The Labute approximate surface area is 113 Å². The van der Waals surface area contributed by atoms with Gasteiger partial charge in [-0.05, 0) is 31.4 Å². The van der Waals surface area contributed by atoms with E-state index in [0.717, 1.165) is 35.9 Å². The molecular formula is C16H19NO2. The maximum atomic E-state index is 12.6. The smallest absolute Gasteiger partial charge is 0.170 e. The molecule has 0 aliphatic carbocycles. The minimum atomic E-state index is 0.0284. The highest BCUT2D eigenvalue weighted by Gasteiger charge is 2.25. The average Bonchev–Trinajstić information content (AvgIpc) is 2.76. The summed E-state index contributed by atoms with van der Waals surface area (Å²) in [6.45, 7) is 3.43. The van der Waals surface area contributed by atoms with Gasteiger partial charge in [0.25, 0.3) is 0 Å². The fourth-order valence-corrected chi connectivity index (χ4v) is 2.86. The number of hydrogen-bond acceptors (Lipinski definition) is 2. The predicted molar refractivity (Wildman–Crippen MR) is 75.5 cm³/mol. The Kier molecular flexibility index (Phi) is 3.15. The maximum absolute atomic E-state index is 12.6. The zero-order valence-corrected chi connectivity index (χ0v) is 11.5. The number of Topliss-reactive ketones (excluding diaryl/α,β-unsaturated/α-hetero) is 1. The van der Waals surface area contributed by atoms with Crippen molar-refractivity contribution in [1.29, 1.82) is 0 Å². The van der Waals surface area contributed by atoms with E-state index in [-0.39, 0.29) is 11.7 Å². The number of carbonyl (C=O) groups is 1. The quantitative estimate of drug-likeness (QED) is 0.774. The molecule has 0 bridgehead atoms. The van der Waals surface area contributed by atoms with Gasteiger partial charge >= 0.3 is 0 Å². The number of aromatic nitrogens is 1. The van der Waals surface area contributed by atoms with Gasteiger partial charge in [-0.3, -0.25) is 4.79 Å². The van der Waals surface area contributed by atoms with E-state index in [2.05, 4.69) is 25.1 Å². The first-order valence-corrected chi connectivity index (χ1v) is 6.84. The van der Waals surface area contributed by atoms with Crippen molar-refractivity contribution in [2.24, 2.45) is 13.0 Å². The Morgan fingerprint density at radius 1 is 1.42 bits per heavy atom. The number of nitrogens with zero attached hydrogens (tertiary/aromatic N) is 1. The summed E-state index contributed by atoms with van der Waals surface area (Å²) >= 11 is 0. The first-order valence-electron chi connectivity index (χ1n) is 6.84. The molecule has 0 spiro atoms. The molecule has 2 aromatic rings. The highest BCUT2D eigenvalue weighted by atomic mass is 16.5. The molecule has 1 aromatic carbocycles. The van der Waals surface area contributed by atoms with E-state index >= 15 is 0 Å². The Balaban J connectivity index is 2.02. The second kappa shape index (κ2) is 4.82. The number of aryl methyl sites for hydroxylation is 2. The molecular weight excluding hydrogens is 238 g/mol. The van der Waals surface area contributed by atoms with Gasteiger partial charge < -0.3 is 9.30 Å². The number of ether oxygens (including phenoxy) is 1. The van der Waals surface area contributed by atoms with Gasteiger partial charge in [0.05, 0.1) is 6.61 Å². The van der Waals surface area contributed by atoms with Gasteiger partial charge in [0, 0.05) is 42.2 Å². The van der Waals surface area contributed by atoms with Crippen LogP contribution in [0.5, 0.6) is 0 Å². The summed E-state index contributed by atoms with van der Waals surface area (Å²) in [6.07, 6.45) is 3.89. The Morgan fingerprint density at radius 3 is 3.00 bits per heavy atom. The molecule has 0 N–H and O–H groups in total. The van der Waals surface area contributed by atoms with E-state index in [1.807, 2.05) is 17.8 Å². The van der Waals surface area contributed by atoms with Crippen LogP contribution in [0.25, 0.3) is 10.9 Å². The lowest BCUT2D eigenvalue weighted by atomic mass is 9.92. The fraction of sp³-hybridized carbons (Fsp3) is 0.438. The van der Waals surface area contributed by atoms with E-state index in [1.165, 1.54) is 5.56 Å². The second-order valence-electron chi connectivity index (χ2n) is 5.45. The Hall–Kier alpha value is -1.61. The molecule has 1 saturated heterocycles. The minimum absolute atomic E-state index is 0.0284. The summed E-state index contributed by atoms with van der Waals surface area (Å²) in [5.74, 6) is 0.259. The summed E-state index contributed by atoms with van der Waals surface area (Å²) in [6, 6.07) is 6.25. The van der Waals surface area contributed by atoms with Crippen molar-refractivity contribution in [2.45, 2.75) is 19.8 Å². The van der Waals surface area contributed by atoms with Crippen molar-refractivity contribution in [3.05, 3.63) is 35.5 Å². The molecule has 0 saturated carbocycles. The van der Waals surface area contributed by atoms with E-state index in [9.17, 15) is 4.79 Å². The molecule has 3 heteroatoms. The zero-order chi connectivity index (χ0) is 13.4. The standard InChI is InChI=1S/C16H19NO2/c1-11-5-6-13-14(9-17(2)15(13)8-11)16(18)12-4-3-7-19-10-12/h5-6,8-9,12H,3-4,7,10H2,1-2H3. The molecule has 1 unspecified atom stereocenters. The van der Waals surface area contributed by atoms with Gasteiger partial charge in [-0.2, -0.15) is 0 Å². The van der Waals surface area contributed by atoms with Crippen molar-refractivity contribution in [3.63, 3.8) is 0 Å². The fourth-order valence-electron chi connectivity index (χ4n) is 2.86. The van der Waals surface area contributed by atoms with Crippen molar-refractivity contribution in [2.75, 3.05) is 13.2 Å². The largest absolute Gasteiger partial charge is 0.381 e. The third kappa shape index (κ3) is 2.19. The van der Waals surface area contributed by atoms with Crippen LogP contribution in [-0.4, -0.2) is 23.6 Å². The van der Waals surface area contributed by atoms with Crippen molar-refractivity contribution >= 4 is 16.7 Å². The molecule has 0 amide bonds. The summed E-state index contributed by atoms with van der Waals surface area (Å²) in [4.78, 5) is 12.6. The highest BCUT2D eigenvalue weighted by Crippen LogP contribution is 2.26. The number of carbonyl (C=O) groups excluding carboxylic acids is 1. The van der Waals surface area contributed by atoms with Crippen LogP contribution in [0, 0.1) is 12.8 Å². The molecule has 2 heterocycles. The van der Waals surface area contributed by atoms with Gasteiger partial charge in [-0.15, -0.1) is 0 Å². The van der Waals surface area contributed by atoms with Crippen molar-refractivity contribution in [1.82, 2.24) is 4.57 Å². The number of fused-ring (bicyclic) bond motifs is 1. The summed E-state index contributed by atoms with van der Waals surface area (Å²) in [5, 5.41) is 1.06. The van der Waals surface area contributed by atoms with Crippen molar-refractivity contribution < 1.29 is 9.53 Å². The lowest BCUT2D eigenvalue weighted by molar-refractivity contribution is 0.0462. The Morgan fingerprint density at radius 2 is 2.26 bits per heavy atom. The van der Waals surface area contributed by atoms with Gasteiger partial charge in [0.2, 0.25) is 0 Å². The van der Waals surface area contributed by atoms with Crippen LogP contribution in [-0.2, 0) is 11.8 Å². The number of ketones is 1. The van der Waals surface area contributed by atoms with Crippen LogP contribution in [0.2, 0.25) is 0 Å². The normalized spacial score (nSPS) is 19.8. The van der Waals surface area contributed by atoms with Crippen molar-refractivity contribution in [3.8, 4) is 0 Å². The van der Waals surface area contributed by atoms with E-state index in [0.29, 0.717) is 6.61 Å². The van der Waals surface area contributed by atoms with Crippen LogP contribution in [0.1, 0.15) is 28.8 Å². The molecule has 1 aliphatic heterocycles. The van der Waals surface area contributed by atoms with Gasteiger partial charge in [-0.25, -0.2) is 0 Å². The zero-order valence-electron chi connectivity index (χ0n) is 11.5. The minimum Gasteiger partial charge on any atom is -0.381 e. The molecule has 1 aliphatic rings. The highest BCUT2D eigenvalue weighted by molar-refractivity contribution is 6.09. The molecule has 0 radical (unpaired) electrons. The average molecular weight is 257 g/mol. The predicted octanol–water partition coefficient (Wildman–Crippen LogP) is 3.10. The van der Waals surface area contributed by atoms with Crippen LogP contribution in [0.4, 0.5) is 0 Å². The SMILES string of the molecule is Cc1ccc2c(C(=O)C3CCCOC3)cn(C)c2c1. The van der Waals surface area contributed by atoms with E-state index in [1.54, 1.807) is 0 Å². The van der Waals surface area contributed by atoms with Crippen LogP contribution >= 0.6 is 0 Å². The number of hydrogen-bond donors (Lipinski definition) is 0. The van der Waals surface area contributed by atoms with Crippen LogP contribution in [0.3, 0.4) is 0 Å². The molecule has 1 atom stereocenters. The molecule has 100 valence electrons. The van der Waals surface area contributed by atoms with Gasteiger partial charge in [0.15, 0.2) is 5.78 Å². The molecule has 3 rings (SSSR count). The third-order valence-electron chi connectivity index (χ3n) is 3.94. The topological polar surface area (TPSA) is 31.2 Å². The monoisotopic (exact) mass is 257 g/mol. The first-order chi connectivity index (χ1) is 9.16. The van der Waals surface area contributed by atoms with Crippen LogP contribution < -0.4 is 0 Å². The second-order valence-corrected chi connectivity index (χ2v) is 5.45. The van der Waals surface area contributed by atoms with Crippen LogP contribution in [0.15, 0.2) is 24.4 Å². The number of benzene rings is 1. The lowest BCUT2D eigenvalue weighted by Crippen LogP contribution is -2.25. The summed E-state index contributed by atoms with van der Waals surface area (Å²) in [5.41, 5.74) is 3.18. The van der Waals surface area contributed by atoms with E-state index in [4.69, 9.17) is 4.74 Å². The maximum Gasteiger partial charge on any atom is 0.170 e. The molecule has 3 nitrogen and oxygen atoms in total. The lowest BCUT2D eigenvalue weighted by Gasteiger charge is -2.20. The van der Waals surface area contributed by atoms with Gasteiger partial charge in [-0.1, -0.05) is 12.1 Å². The Bertz CT molecular complexity index is 621. The molecule has 1 aromatic heterocycles. The molecule has 1 fully saturated rings. The van der Waals surface area contributed by atoms with E-state index < -0.39 is 0 Å². The summed E-state index contributed by atoms with van der Waals surface area (Å²) in [7, 11) is 2.00. The third-order valence-corrected chi connectivity index (χ3v) is 3.94. The number of rotatable bonds is 2. The summed E-state index contributed by atoms with van der Waals surface area (Å²) < 4.78 is 7.48. The first kappa shape index (κ1) is 12.4.